The van der Waals surface area contributed by atoms with Crippen molar-refractivity contribution in [1.82, 2.24) is 0 Å². The van der Waals surface area contributed by atoms with Crippen LogP contribution in [0.2, 0.25) is 0 Å². The van der Waals surface area contributed by atoms with Gasteiger partial charge in [0.25, 0.3) is 0 Å². The predicted molar refractivity (Wildman–Crippen MR) is 75.0 cm³/mol. The van der Waals surface area contributed by atoms with E-state index in [-0.39, 0.29) is 17.3 Å². The molecule has 0 unspecified atom stereocenters. The van der Waals surface area contributed by atoms with Crippen LogP contribution in [0.15, 0.2) is 24.3 Å². The van der Waals surface area contributed by atoms with Gasteiger partial charge in [-0.3, -0.25) is 10.0 Å². The van der Waals surface area contributed by atoms with Gasteiger partial charge in [-0.15, -0.1) is 0 Å². The molecule has 0 aliphatic heterocycles. The van der Waals surface area contributed by atoms with E-state index < -0.39 is 5.97 Å². The highest BCUT2D eigenvalue weighted by Crippen LogP contribution is 2.17. The molecule has 3 N–H and O–H groups in total. The predicted octanol–water partition coefficient (Wildman–Crippen LogP) is 2.28. The first-order valence-electron chi connectivity index (χ1n) is 4.91. The molecule has 0 aliphatic carbocycles. The third-order valence-corrected chi connectivity index (χ3v) is 3.11. The van der Waals surface area contributed by atoms with Gasteiger partial charge in [-0.25, -0.2) is 0 Å². The second kappa shape index (κ2) is 7.17. The molecule has 0 aromatic heterocycles. The highest BCUT2D eigenvalue weighted by Gasteiger charge is 2.02. The van der Waals surface area contributed by atoms with E-state index >= 15 is 0 Å². The zero-order valence-electron chi connectivity index (χ0n) is 9.20. The van der Waals surface area contributed by atoms with E-state index in [0.717, 1.165) is 0 Å². The fourth-order valence-electron chi connectivity index (χ4n) is 1.06. The van der Waals surface area contributed by atoms with Gasteiger partial charge in [-0.05, 0) is 24.3 Å². The Balaban J connectivity index is 2.42. The Morgan fingerprint density at radius 1 is 1.44 bits per heavy atom. The summed E-state index contributed by atoms with van der Waals surface area (Å²) in [7, 11) is 0. The number of carbonyl (C=O) groups is 1. The summed E-state index contributed by atoms with van der Waals surface area (Å²) in [5.74, 6) is -0.474. The third-order valence-electron chi connectivity index (χ3n) is 1.88. The summed E-state index contributed by atoms with van der Waals surface area (Å²) in [5.41, 5.74) is 0.776. The van der Waals surface area contributed by atoms with Crippen LogP contribution in [0.4, 0.5) is 11.4 Å². The van der Waals surface area contributed by atoms with Gasteiger partial charge >= 0.3 is 5.97 Å². The molecule has 8 heteroatoms. The molecule has 0 atom stereocenters. The lowest BCUT2D eigenvalue weighted by Gasteiger charge is -2.21. The molecule has 0 fully saturated rings. The van der Waals surface area contributed by atoms with Crippen molar-refractivity contribution in [3.05, 3.63) is 29.5 Å². The SMILES string of the molecule is O=C(O)CCSC(=S)Nc1ccc(N([O-])O)cc1. The van der Waals surface area contributed by atoms with Crippen LogP contribution >= 0.6 is 24.0 Å². The van der Waals surface area contributed by atoms with E-state index in [2.05, 4.69) is 5.32 Å². The zero-order chi connectivity index (χ0) is 13.5. The average Bonchev–Trinajstić information content (AvgIpc) is 2.29. The normalized spacial score (nSPS) is 9.89. The summed E-state index contributed by atoms with van der Waals surface area (Å²) in [4.78, 5) is 10.3. The highest BCUT2D eigenvalue weighted by molar-refractivity contribution is 8.23. The first kappa shape index (κ1) is 14.7. The van der Waals surface area contributed by atoms with Crippen LogP contribution in [-0.4, -0.2) is 26.4 Å². The van der Waals surface area contributed by atoms with E-state index in [1.54, 1.807) is 12.1 Å². The van der Waals surface area contributed by atoms with Crippen molar-refractivity contribution in [2.24, 2.45) is 0 Å². The maximum atomic E-state index is 10.6. The molecule has 18 heavy (non-hydrogen) atoms. The van der Waals surface area contributed by atoms with Crippen molar-refractivity contribution >= 4 is 45.6 Å². The first-order chi connectivity index (χ1) is 8.49. The minimum Gasteiger partial charge on any atom is -0.733 e. The third kappa shape index (κ3) is 5.32. The lowest BCUT2D eigenvalue weighted by Crippen LogP contribution is -2.08. The van der Waals surface area contributed by atoms with Crippen molar-refractivity contribution in [3.8, 4) is 0 Å². The topological polar surface area (TPSA) is 95.9 Å². The van der Waals surface area contributed by atoms with Gasteiger partial charge in [0.1, 0.15) is 4.32 Å². The van der Waals surface area contributed by atoms with Crippen molar-refractivity contribution in [2.75, 3.05) is 16.3 Å². The van der Waals surface area contributed by atoms with Crippen LogP contribution < -0.4 is 10.5 Å². The maximum Gasteiger partial charge on any atom is 0.304 e. The summed E-state index contributed by atoms with van der Waals surface area (Å²) < 4.78 is 0.451. The molecule has 0 spiro atoms. The molecule has 0 aliphatic rings. The quantitative estimate of drug-likeness (QED) is 0.560. The van der Waals surface area contributed by atoms with E-state index in [1.807, 2.05) is 0 Å². The minimum atomic E-state index is -0.867. The summed E-state index contributed by atoms with van der Waals surface area (Å²) >= 11 is 6.24. The molecule has 98 valence electrons. The molecule has 0 bridgehead atoms. The number of aliphatic carboxylic acids is 1. The number of rotatable bonds is 5. The number of benzene rings is 1. The molecule has 0 saturated carbocycles. The summed E-state index contributed by atoms with van der Waals surface area (Å²) in [6.07, 6.45) is 0.0427. The number of anilines is 2. The Bertz CT molecular complexity index is 422. The van der Waals surface area contributed by atoms with Gasteiger partial charge in [0.15, 0.2) is 0 Å². The Labute approximate surface area is 113 Å². The number of thioether (sulfide) groups is 1. The number of hydrogen-bond acceptors (Lipinski definition) is 6. The number of carboxylic acid groups (broad SMARTS) is 1. The van der Waals surface area contributed by atoms with E-state index in [4.69, 9.17) is 22.5 Å². The molecule has 0 amide bonds. The van der Waals surface area contributed by atoms with Crippen LogP contribution in [0.25, 0.3) is 0 Å². The van der Waals surface area contributed by atoms with E-state index in [0.29, 0.717) is 15.8 Å². The number of hydrogen-bond donors (Lipinski definition) is 3. The molecule has 0 heterocycles. The number of carboxylic acids is 1. The molecule has 1 aromatic carbocycles. The molecule has 1 aromatic rings. The van der Waals surface area contributed by atoms with Crippen molar-refractivity contribution in [2.45, 2.75) is 6.42 Å². The van der Waals surface area contributed by atoms with Crippen LogP contribution in [0, 0.1) is 5.21 Å². The summed E-state index contributed by atoms with van der Waals surface area (Å²) in [6, 6.07) is 6.03. The Morgan fingerprint density at radius 2 is 2.06 bits per heavy atom. The molecule has 0 saturated heterocycles. The van der Waals surface area contributed by atoms with Crippen LogP contribution in [0.5, 0.6) is 0 Å². The fourth-order valence-corrected chi connectivity index (χ4v) is 2.08. The first-order valence-corrected chi connectivity index (χ1v) is 6.30. The maximum absolute atomic E-state index is 10.6. The van der Waals surface area contributed by atoms with Crippen LogP contribution in [0.1, 0.15) is 6.42 Å². The van der Waals surface area contributed by atoms with Gasteiger partial charge in [-0.1, -0.05) is 24.0 Å². The molecule has 6 nitrogen and oxygen atoms in total. The second-order valence-electron chi connectivity index (χ2n) is 3.22. The van der Waals surface area contributed by atoms with Gasteiger partial charge in [0.05, 0.1) is 12.1 Å². The largest absolute Gasteiger partial charge is 0.733 e. The Morgan fingerprint density at radius 3 is 2.56 bits per heavy atom. The molecular formula is C10H11N2O4S2-. The summed E-state index contributed by atoms with van der Waals surface area (Å²) in [5, 5.41) is 30.3. The van der Waals surface area contributed by atoms with E-state index in [1.165, 1.54) is 23.9 Å². The van der Waals surface area contributed by atoms with Crippen molar-refractivity contribution in [1.29, 1.82) is 0 Å². The summed E-state index contributed by atoms with van der Waals surface area (Å²) in [6.45, 7) is 0. The monoisotopic (exact) mass is 287 g/mol. The van der Waals surface area contributed by atoms with Gasteiger partial charge in [0.2, 0.25) is 0 Å². The van der Waals surface area contributed by atoms with Crippen molar-refractivity contribution in [3.63, 3.8) is 0 Å². The lowest BCUT2D eigenvalue weighted by molar-refractivity contribution is -0.136. The second-order valence-corrected chi connectivity index (χ2v) is 5.00. The number of nitrogens with one attached hydrogen (secondary N) is 1. The highest BCUT2D eigenvalue weighted by atomic mass is 32.2. The van der Waals surface area contributed by atoms with Gasteiger partial charge in [-0.2, -0.15) is 0 Å². The number of thiocarbonyl (C=S) groups is 1. The minimum absolute atomic E-state index is 0.0427. The Hall–Kier alpha value is -1.35. The average molecular weight is 287 g/mol. The van der Waals surface area contributed by atoms with Gasteiger partial charge < -0.3 is 20.9 Å². The van der Waals surface area contributed by atoms with Gasteiger partial charge in [0, 0.05) is 11.4 Å². The van der Waals surface area contributed by atoms with E-state index in [9.17, 15) is 10.0 Å². The molecular weight excluding hydrogens is 276 g/mol. The number of nitrogens with zero attached hydrogens (tertiary/aromatic N) is 1. The van der Waals surface area contributed by atoms with Crippen LogP contribution in [-0.2, 0) is 4.79 Å². The Kier molecular flexibility index (Phi) is 5.86. The molecule has 0 radical (unpaired) electrons. The van der Waals surface area contributed by atoms with Crippen molar-refractivity contribution < 1.29 is 15.1 Å². The standard InChI is InChI=1S/C10H11N2O4S2/c13-9(14)5-6-18-10(17)11-7-1-3-8(4-2-7)12(15)16/h1-4,15H,5-6H2,(H,11,17)(H,13,14)/q-1. The lowest BCUT2D eigenvalue weighted by atomic mass is 10.3. The fraction of sp³-hybridized carbons (Fsp3) is 0.200. The van der Waals surface area contributed by atoms with Crippen LogP contribution in [0.3, 0.4) is 0 Å². The smallest absolute Gasteiger partial charge is 0.304 e. The zero-order valence-corrected chi connectivity index (χ0v) is 10.8. The molecule has 1 rings (SSSR count).